The van der Waals surface area contributed by atoms with Gasteiger partial charge in [-0.3, -0.25) is 10.1 Å². The molecule has 2 rings (SSSR count). The summed E-state index contributed by atoms with van der Waals surface area (Å²) < 4.78 is 5.21. The van der Waals surface area contributed by atoms with Crippen molar-refractivity contribution < 1.29 is 19.1 Å². The second-order valence-electron chi connectivity index (χ2n) is 3.75. The quantitative estimate of drug-likeness (QED) is 0.870. The number of anilines is 1. The Balaban J connectivity index is 2.11. The number of carbonyl (C=O) groups excluding carboxylic acids is 1. The minimum atomic E-state index is -1.02. The van der Waals surface area contributed by atoms with Crippen molar-refractivity contribution in [2.24, 2.45) is 0 Å². The van der Waals surface area contributed by atoms with E-state index in [4.69, 9.17) is 9.52 Å². The van der Waals surface area contributed by atoms with Crippen LogP contribution < -0.4 is 5.32 Å². The van der Waals surface area contributed by atoms with Gasteiger partial charge >= 0.3 is 5.97 Å². The van der Waals surface area contributed by atoms with E-state index >= 15 is 0 Å². The number of carbonyl (C=O) groups is 2. The first-order chi connectivity index (χ1) is 8.56. The summed E-state index contributed by atoms with van der Waals surface area (Å²) in [5.74, 6) is -0.309. The maximum Gasteiger partial charge on any atom is 0.335 e. The number of aryl methyl sites for hydroxylation is 1. The van der Waals surface area contributed by atoms with Gasteiger partial charge in [0.15, 0.2) is 5.88 Å². The molecule has 0 radical (unpaired) electrons. The Bertz CT molecular complexity index is 583. The van der Waals surface area contributed by atoms with Gasteiger partial charge in [-0.1, -0.05) is 0 Å². The fraction of sp³-hybridized carbons (Fsp3) is 0.0769. The highest BCUT2D eigenvalue weighted by Crippen LogP contribution is 2.13. The fourth-order valence-electron chi connectivity index (χ4n) is 1.45. The molecule has 0 aliphatic rings. The lowest BCUT2D eigenvalue weighted by molar-refractivity contribution is 0.0696. The van der Waals surface area contributed by atoms with Gasteiger partial charge in [-0.15, -0.1) is 0 Å². The van der Waals surface area contributed by atoms with E-state index in [-0.39, 0.29) is 11.5 Å². The highest BCUT2D eigenvalue weighted by atomic mass is 16.4. The molecule has 0 saturated heterocycles. The molecule has 0 unspecified atom stereocenters. The van der Waals surface area contributed by atoms with E-state index in [0.29, 0.717) is 17.2 Å². The van der Waals surface area contributed by atoms with Gasteiger partial charge in [0.1, 0.15) is 5.76 Å². The summed E-state index contributed by atoms with van der Waals surface area (Å²) in [6.45, 7) is 1.78. The van der Waals surface area contributed by atoms with Gasteiger partial charge in [0, 0.05) is 11.6 Å². The van der Waals surface area contributed by atoms with E-state index in [1.807, 2.05) is 0 Å². The summed E-state index contributed by atoms with van der Waals surface area (Å²) in [6, 6.07) is 9.06. The minimum absolute atomic E-state index is 0.139. The summed E-state index contributed by atoms with van der Waals surface area (Å²) in [7, 11) is 0. The number of rotatable bonds is 3. The van der Waals surface area contributed by atoms with Gasteiger partial charge in [-0.05, 0) is 37.3 Å². The molecule has 1 aromatic carbocycles. The van der Waals surface area contributed by atoms with Gasteiger partial charge in [0.2, 0.25) is 0 Å². The van der Waals surface area contributed by atoms with Crippen LogP contribution in [0.4, 0.5) is 5.88 Å². The van der Waals surface area contributed by atoms with Gasteiger partial charge in [0.25, 0.3) is 5.91 Å². The molecule has 1 amide bonds. The maximum absolute atomic E-state index is 11.8. The van der Waals surface area contributed by atoms with Gasteiger partial charge in [-0.2, -0.15) is 0 Å². The molecule has 0 aliphatic carbocycles. The zero-order valence-electron chi connectivity index (χ0n) is 9.64. The topological polar surface area (TPSA) is 79.5 Å². The predicted molar refractivity (Wildman–Crippen MR) is 64.8 cm³/mol. The van der Waals surface area contributed by atoms with Crippen LogP contribution in [0, 0.1) is 6.92 Å². The molecule has 0 fully saturated rings. The first-order valence-electron chi connectivity index (χ1n) is 5.27. The second-order valence-corrected chi connectivity index (χ2v) is 3.75. The number of carboxylic acids is 1. The molecule has 1 heterocycles. The summed E-state index contributed by atoms with van der Waals surface area (Å²) in [5.41, 5.74) is 0.509. The molecule has 0 spiro atoms. The Kier molecular flexibility index (Phi) is 3.14. The van der Waals surface area contributed by atoms with Crippen molar-refractivity contribution in [2.75, 3.05) is 5.32 Å². The second kappa shape index (κ2) is 4.75. The molecule has 0 aliphatic heterocycles. The maximum atomic E-state index is 11.8. The van der Waals surface area contributed by atoms with Crippen LogP contribution in [0.25, 0.3) is 0 Å². The lowest BCUT2D eigenvalue weighted by Crippen LogP contribution is -2.11. The molecule has 2 N–H and O–H groups in total. The van der Waals surface area contributed by atoms with E-state index in [1.165, 1.54) is 24.3 Å². The average molecular weight is 245 g/mol. The lowest BCUT2D eigenvalue weighted by atomic mass is 10.1. The molecule has 92 valence electrons. The zero-order valence-corrected chi connectivity index (χ0v) is 9.64. The number of hydrogen-bond donors (Lipinski definition) is 2. The van der Waals surface area contributed by atoms with Crippen LogP contribution in [0.3, 0.4) is 0 Å². The SMILES string of the molecule is Cc1ccc(NC(=O)c2ccc(C(=O)O)cc2)o1. The van der Waals surface area contributed by atoms with Crippen LogP contribution in [-0.4, -0.2) is 17.0 Å². The fourth-order valence-corrected chi connectivity index (χ4v) is 1.45. The summed E-state index contributed by atoms with van der Waals surface area (Å²) in [4.78, 5) is 22.4. The summed E-state index contributed by atoms with van der Waals surface area (Å²) >= 11 is 0. The van der Waals surface area contributed by atoms with Crippen molar-refractivity contribution in [3.05, 3.63) is 53.3 Å². The molecule has 1 aromatic heterocycles. The Morgan fingerprint density at radius 1 is 1.06 bits per heavy atom. The molecular weight excluding hydrogens is 234 g/mol. The molecule has 2 aromatic rings. The average Bonchev–Trinajstić information content (AvgIpc) is 2.75. The van der Waals surface area contributed by atoms with Gasteiger partial charge in [-0.25, -0.2) is 4.79 Å². The first-order valence-corrected chi connectivity index (χ1v) is 5.27. The van der Waals surface area contributed by atoms with Gasteiger partial charge in [0.05, 0.1) is 5.56 Å². The van der Waals surface area contributed by atoms with E-state index in [0.717, 1.165) is 0 Å². The zero-order chi connectivity index (χ0) is 13.1. The van der Waals surface area contributed by atoms with Crippen molar-refractivity contribution in [3.8, 4) is 0 Å². The minimum Gasteiger partial charge on any atom is -0.478 e. The number of furan rings is 1. The first kappa shape index (κ1) is 11.9. The number of carboxylic acid groups (broad SMARTS) is 1. The van der Waals surface area contributed by atoms with E-state index in [1.54, 1.807) is 19.1 Å². The predicted octanol–water partition coefficient (Wildman–Crippen LogP) is 2.54. The summed E-state index contributed by atoms with van der Waals surface area (Å²) in [5, 5.41) is 11.3. The monoisotopic (exact) mass is 245 g/mol. The normalized spacial score (nSPS) is 10.1. The van der Waals surface area contributed by atoms with Crippen LogP contribution in [0.15, 0.2) is 40.8 Å². The highest BCUT2D eigenvalue weighted by Gasteiger charge is 2.09. The Hall–Kier alpha value is -2.56. The summed E-state index contributed by atoms with van der Waals surface area (Å²) in [6.07, 6.45) is 0. The van der Waals surface area contributed by atoms with Crippen molar-refractivity contribution >= 4 is 17.8 Å². The van der Waals surface area contributed by atoms with Crippen LogP contribution in [0.2, 0.25) is 0 Å². The third-order valence-electron chi connectivity index (χ3n) is 2.37. The van der Waals surface area contributed by atoms with E-state index in [2.05, 4.69) is 5.32 Å². The molecular formula is C13H11NO4. The van der Waals surface area contributed by atoms with Crippen LogP contribution >= 0.6 is 0 Å². The Morgan fingerprint density at radius 2 is 1.67 bits per heavy atom. The third kappa shape index (κ3) is 2.57. The molecule has 0 saturated carbocycles. The molecule has 18 heavy (non-hydrogen) atoms. The smallest absolute Gasteiger partial charge is 0.335 e. The van der Waals surface area contributed by atoms with Crippen LogP contribution in [0.5, 0.6) is 0 Å². The Labute approximate surface area is 103 Å². The largest absolute Gasteiger partial charge is 0.478 e. The van der Waals surface area contributed by atoms with Crippen molar-refractivity contribution in [1.82, 2.24) is 0 Å². The molecule has 0 bridgehead atoms. The lowest BCUT2D eigenvalue weighted by Gasteiger charge is -2.02. The molecule has 5 nitrogen and oxygen atoms in total. The van der Waals surface area contributed by atoms with Crippen molar-refractivity contribution in [3.63, 3.8) is 0 Å². The van der Waals surface area contributed by atoms with Crippen LogP contribution in [-0.2, 0) is 0 Å². The van der Waals surface area contributed by atoms with E-state index < -0.39 is 5.97 Å². The number of nitrogens with one attached hydrogen (secondary N) is 1. The van der Waals surface area contributed by atoms with Gasteiger partial charge < -0.3 is 9.52 Å². The van der Waals surface area contributed by atoms with E-state index in [9.17, 15) is 9.59 Å². The number of hydrogen-bond acceptors (Lipinski definition) is 3. The Morgan fingerprint density at radius 3 is 2.17 bits per heavy atom. The number of amides is 1. The molecule has 5 heteroatoms. The number of benzene rings is 1. The third-order valence-corrected chi connectivity index (χ3v) is 2.37. The highest BCUT2D eigenvalue weighted by molar-refractivity contribution is 6.04. The van der Waals surface area contributed by atoms with Crippen molar-refractivity contribution in [2.45, 2.75) is 6.92 Å². The molecule has 0 atom stereocenters. The van der Waals surface area contributed by atoms with Crippen LogP contribution in [0.1, 0.15) is 26.5 Å². The standard InChI is InChI=1S/C13H11NO4/c1-8-2-7-11(18-8)14-12(15)9-3-5-10(6-4-9)13(16)17/h2-7H,1H3,(H,14,15)(H,16,17). The number of aromatic carboxylic acids is 1. The van der Waals surface area contributed by atoms with Crippen molar-refractivity contribution in [1.29, 1.82) is 0 Å².